The fourth-order valence-corrected chi connectivity index (χ4v) is 3.00. The molecule has 0 unspecified atom stereocenters. The van der Waals surface area contributed by atoms with Gasteiger partial charge in [0.25, 0.3) is 5.91 Å². The molecule has 3 aromatic rings. The van der Waals surface area contributed by atoms with E-state index in [-0.39, 0.29) is 24.1 Å². The number of benzene rings is 3. The Morgan fingerprint density at radius 3 is 2.41 bits per heavy atom. The lowest BCUT2D eigenvalue weighted by atomic mass is 10.1. The minimum absolute atomic E-state index is 0.212. The lowest BCUT2D eigenvalue weighted by Gasteiger charge is -2.09. The largest absolute Gasteiger partial charge is 0.482 e. The second-order valence-electron chi connectivity index (χ2n) is 7.26. The number of hydrogen-bond donors (Lipinski definition) is 3. The normalized spacial score (nSPS) is 10.5. The summed E-state index contributed by atoms with van der Waals surface area (Å²) < 4.78 is 5.46. The third kappa shape index (κ3) is 7.75. The Labute approximate surface area is 202 Å². The number of ether oxygens (including phenoxy) is 1. The Morgan fingerprint density at radius 2 is 1.71 bits per heavy atom. The summed E-state index contributed by atoms with van der Waals surface area (Å²) >= 11 is 6.20. The smallest absolute Gasteiger partial charge is 0.329 e. The zero-order valence-corrected chi connectivity index (χ0v) is 19.1. The Bertz CT molecular complexity index is 1180. The number of para-hydroxylation sites is 1. The van der Waals surface area contributed by atoms with Gasteiger partial charge in [-0.1, -0.05) is 59.6 Å². The van der Waals surface area contributed by atoms with Crippen molar-refractivity contribution in [3.05, 3.63) is 94.5 Å². The Morgan fingerprint density at radius 1 is 0.971 bits per heavy atom. The molecule has 3 amide bonds. The summed E-state index contributed by atoms with van der Waals surface area (Å²) in [5.74, 6) is -1.69. The maximum Gasteiger partial charge on any atom is 0.329 e. The number of nitrogens with zero attached hydrogens (tertiary/aromatic N) is 1. The van der Waals surface area contributed by atoms with E-state index in [1.165, 1.54) is 6.21 Å². The van der Waals surface area contributed by atoms with Gasteiger partial charge in [-0.25, -0.2) is 5.43 Å². The highest BCUT2D eigenvalue weighted by Gasteiger charge is 2.12. The number of anilines is 1. The molecule has 3 N–H and O–H groups in total. The molecule has 9 heteroatoms. The van der Waals surface area contributed by atoms with E-state index in [1.807, 2.05) is 49.4 Å². The molecule has 0 heterocycles. The number of amides is 3. The first-order chi connectivity index (χ1) is 16.4. The molecule has 0 aromatic heterocycles. The molecule has 0 saturated heterocycles. The third-order valence-electron chi connectivity index (χ3n) is 4.53. The minimum Gasteiger partial charge on any atom is -0.482 e. The van der Waals surface area contributed by atoms with E-state index in [2.05, 4.69) is 21.2 Å². The number of hydrogen-bond acceptors (Lipinski definition) is 5. The Balaban J connectivity index is 1.44. The van der Waals surface area contributed by atoms with Crippen molar-refractivity contribution < 1.29 is 19.1 Å². The van der Waals surface area contributed by atoms with Crippen LogP contribution in [0.25, 0.3) is 0 Å². The molecule has 8 nitrogen and oxygen atoms in total. The summed E-state index contributed by atoms with van der Waals surface area (Å²) in [6.45, 7) is 1.99. The molecule has 34 heavy (non-hydrogen) atoms. The predicted octanol–water partition coefficient (Wildman–Crippen LogP) is 3.43. The van der Waals surface area contributed by atoms with Gasteiger partial charge in [-0.15, -0.1) is 0 Å². The molecule has 0 aliphatic heterocycles. The van der Waals surface area contributed by atoms with Gasteiger partial charge in [-0.05, 0) is 48.4 Å². The van der Waals surface area contributed by atoms with Gasteiger partial charge in [-0.2, -0.15) is 5.10 Å². The Kier molecular flexibility index (Phi) is 8.76. The third-order valence-corrected chi connectivity index (χ3v) is 4.83. The number of hydrazone groups is 1. The minimum atomic E-state index is -0.890. The quantitative estimate of drug-likeness (QED) is 0.262. The van der Waals surface area contributed by atoms with Crippen LogP contribution >= 0.6 is 11.6 Å². The average molecular weight is 479 g/mol. The van der Waals surface area contributed by atoms with Gasteiger partial charge in [0, 0.05) is 12.2 Å². The SMILES string of the molecule is Cc1ccc(CNC(=O)C(=O)N/N=C\c2ccc(OCC(=O)Nc3ccccc3)c(Cl)c2)cc1. The second kappa shape index (κ2) is 12.2. The van der Waals surface area contributed by atoms with Gasteiger partial charge in [0.15, 0.2) is 6.61 Å². The molecule has 0 spiro atoms. The fourth-order valence-electron chi connectivity index (χ4n) is 2.76. The van der Waals surface area contributed by atoms with Crippen LogP contribution in [0.3, 0.4) is 0 Å². The van der Waals surface area contributed by atoms with Crippen LogP contribution in [0, 0.1) is 6.92 Å². The van der Waals surface area contributed by atoms with Crippen LogP contribution in [0.5, 0.6) is 5.75 Å². The van der Waals surface area contributed by atoms with Crippen molar-refractivity contribution >= 4 is 41.2 Å². The zero-order valence-electron chi connectivity index (χ0n) is 18.4. The summed E-state index contributed by atoms with van der Waals surface area (Å²) in [5, 5.41) is 9.27. The van der Waals surface area contributed by atoms with Crippen molar-refractivity contribution in [3.63, 3.8) is 0 Å². The second-order valence-corrected chi connectivity index (χ2v) is 7.67. The molecule has 3 aromatic carbocycles. The molecule has 0 aliphatic rings. The fraction of sp³-hybridized carbons (Fsp3) is 0.120. The monoisotopic (exact) mass is 478 g/mol. The Hall–Kier alpha value is -4.17. The van der Waals surface area contributed by atoms with E-state index in [1.54, 1.807) is 30.3 Å². The number of carbonyl (C=O) groups excluding carboxylic acids is 3. The molecule has 0 saturated carbocycles. The van der Waals surface area contributed by atoms with Crippen LogP contribution in [-0.4, -0.2) is 30.5 Å². The van der Waals surface area contributed by atoms with E-state index < -0.39 is 11.8 Å². The first kappa shape index (κ1) is 24.5. The van der Waals surface area contributed by atoms with Gasteiger partial charge in [0.05, 0.1) is 11.2 Å². The highest BCUT2D eigenvalue weighted by Crippen LogP contribution is 2.25. The van der Waals surface area contributed by atoms with Crippen LogP contribution in [-0.2, 0) is 20.9 Å². The highest BCUT2D eigenvalue weighted by molar-refractivity contribution is 6.35. The van der Waals surface area contributed by atoms with Crippen molar-refractivity contribution in [2.24, 2.45) is 5.10 Å². The summed E-state index contributed by atoms with van der Waals surface area (Å²) in [5.41, 5.74) is 5.38. The van der Waals surface area contributed by atoms with Crippen LogP contribution < -0.4 is 20.8 Å². The number of nitrogens with one attached hydrogen (secondary N) is 3. The van der Waals surface area contributed by atoms with E-state index in [0.717, 1.165) is 11.1 Å². The molecule has 0 bridgehead atoms. The van der Waals surface area contributed by atoms with Crippen LogP contribution in [0.15, 0.2) is 77.9 Å². The molecule has 0 atom stereocenters. The molecule has 0 radical (unpaired) electrons. The van der Waals surface area contributed by atoms with Crippen LogP contribution in [0.4, 0.5) is 5.69 Å². The molecule has 174 valence electrons. The first-order valence-corrected chi connectivity index (χ1v) is 10.7. The highest BCUT2D eigenvalue weighted by atomic mass is 35.5. The van der Waals surface area contributed by atoms with Crippen molar-refractivity contribution in [2.75, 3.05) is 11.9 Å². The van der Waals surface area contributed by atoms with E-state index in [4.69, 9.17) is 16.3 Å². The summed E-state index contributed by atoms with van der Waals surface area (Å²) in [4.78, 5) is 35.8. The van der Waals surface area contributed by atoms with Gasteiger partial charge in [0.2, 0.25) is 0 Å². The summed E-state index contributed by atoms with van der Waals surface area (Å²) in [7, 11) is 0. The van der Waals surface area contributed by atoms with Crippen molar-refractivity contribution in [2.45, 2.75) is 13.5 Å². The van der Waals surface area contributed by atoms with Crippen molar-refractivity contribution in [1.82, 2.24) is 10.7 Å². The molecule has 0 aliphatic carbocycles. The molecule has 0 fully saturated rings. The van der Waals surface area contributed by atoms with Crippen LogP contribution in [0.1, 0.15) is 16.7 Å². The van der Waals surface area contributed by atoms with Gasteiger partial charge >= 0.3 is 11.8 Å². The van der Waals surface area contributed by atoms with Gasteiger partial charge < -0.3 is 15.4 Å². The molecular weight excluding hydrogens is 456 g/mol. The van der Waals surface area contributed by atoms with Gasteiger partial charge in [0.1, 0.15) is 5.75 Å². The standard InChI is InChI=1S/C25H23ClN4O4/c1-17-7-9-18(10-8-17)14-27-24(32)25(33)30-28-15-19-11-12-22(21(26)13-19)34-16-23(31)29-20-5-3-2-4-6-20/h2-13,15H,14,16H2,1H3,(H,27,32)(H,29,31)(H,30,33)/b28-15-. The maximum absolute atomic E-state index is 12.0. The maximum atomic E-state index is 12.0. The number of rotatable bonds is 8. The van der Waals surface area contributed by atoms with Gasteiger partial charge in [-0.3, -0.25) is 14.4 Å². The zero-order chi connectivity index (χ0) is 24.3. The summed E-state index contributed by atoms with van der Waals surface area (Å²) in [6, 6.07) is 21.4. The summed E-state index contributed by atoms with van der Waals surface area (Å²) in [6.07, 6.45) is 1.34. The predicted molar refractivity (Wildman–Crippen MR) is 131 cm³/mol. The van der Waals surface area contributed by atoms with E-state index >= 15 is 0 Å². The topological polar surface area (TPSA) is 109 Å². The van der Waals surface area contributed by atoms with E-state index in [0.29, 0.717) is 17.0 Å². The number of halogens is 1. The number of aryl methyl sites for hydroxylation is 1. The lowest BCUT2D eigenvalue weighted by molar-refractivity contribution is -0.139. The molecule has 3 rings (SSSR count). The van der Waals surface area contributed by atoms with Crippen LogP contribution in [0.2, 0.25) is 5.02 Å². The first-order valence-electron chi connectivity index (χ1n) is 10.3. The van der Waals surface area contributed by atoms with Crippen molar-refractivity contribution in [3.8, 4) is 5.75 Å². The average Bonchev–Trinajstić information content (AvgIpc) is 2.83. The molecular formula is C25H23ClN4O4. The lowest BCUT2D eigenvalue weighted by Crippen LogP contribution is -2.37. The van der Waals surface area contributed by atoms with Crippen molar-refractivity contribution in [1.29, 1.82) is 0 Å². The van der Waals surface area contributed by atoms with E-state index in [9.17, 15) is 14.4 Å². The number of carbonyl (C=O) groups is 3.